The van der Waals surface area contributed by atoms with Crippen molar-refractivity contribution in [3.05, 3.63) is 0 Å². The number of hydrogen-bond donors (Lipinski definition) is 0. The van der Waals surface area contributed by atoms with E-state index < -0.39 is 0 Å². The Morgan fingerprint density at radius 2 is 2.20 bits per heavy atom. The van der Waals surface area contributed by atoms with Gasteiger partial charge in [-0.1, -0.05) is 12.8 Å². The zero-order valence-corrected chi connectivity index (χ0v) is 6.44. The van der Waals surface area contributed by atoms with E-state index >= 15 is 0 Å². The molecular weight excluding hydrogens is 128 g/mol. The Bertz CT molecular complexity index is 150. The van der Waals surface area contributed by atoms with Crippen molar-refractivity contribution in [1.29, 1.82) is 0 Å². The SMILES string of the molecule is CCCC#CCC(=O)OC. The molecule has 0 spiro atoms. The van der Waals surface area contributed by atoms with Crippen molar-refractivity contribution in [3.8, 4) is 11.8 Å². The first-order chi connectivity index (χ1) is 4.81. The highest BCUT2D eigenvalue weighted by Crippen LogP contribution is 1.84. The lowest BCUT2D eigenvalue weighted by molar-refractivity contribution is -0.139. The summed E-state index contributed by atoms with van der Waals surface area (Å²) in [6.07, 6.45) is 2.11. The van der Waals surface area contributed by atoms with Crippen LogP contribution in [0.4, 0.5) is 0 Å². The van der Waals surface area contributed by atoms with Gasteiger partial charge in [-0.25, -0.2) is 0 Å². The molecule has 0 aromatic carbocycles. The molecule has 2 heteroatoms. The number of rotatable bonds is 2. The molecule has 0 rings (SSSR count). The highest BCUT2D eigenvalue weighted by molar-refractivity contribution is 5.72. The Morgan fingerprint density at radius 1 is 1.50 bits per heavy atom. The molecule has 0 bridgehead atoms. The Balaban J connectivity index is 3.36. The van der Waals surface area contributed by atoms with Gasteiger partial charge in [-0.05, 0) is 6.42 Å². The van der Waals surface area contributed by atoms with E-state index in [4.69, 9.17) is 0 Å². The minimum atomic E-state index is -0.261. The van der Waals surface area contributed by atoms with Crippen molar-refractivity contribution in [2.45, 2.75) is 26.2 Å². The number of methoxy groups -OCH3 is 1. The summed E-state index contributed by atoms with van der Waals surface area (Å²) in [4.78, 5) is 10.5. The number of esters is 1. The molecule has 0 saturated carbocycles. The third-order valence-electron chi connectivity index (χ3n) is 0.960. The van der Waals surface area contributed by atoms with E-state index in [0.29, 0.717) is 0 Å². The zero-order chi connectivity index (χ0) is 7.82. The van der Waals surface area contributed by atoms with Crippen LogP contribution in [0.3, 0.4) is 0 Å². The largest absolute Gasteiger partial charge is 0.468 e. The summed E-state index contributed by atoms with van der Waals surface area (Å²) in [5.41, 5.74) is 0. The molecule has 0 aliphatic carbocycles. The molecule has 2 nitrogen and oxygen atoms in total. The molecule has 0 aromatic heterocycles. The maximum absolute atomic E-state index is 10.5. The summed E-state index contributed by atoms with van der Waals surface area (Å²) >= 11 is 0. The van der Waals surface area contributed by atoms with Gasteiger partial charge < -0.3 is 4.74 Å². The number of hydrogen-bond acceptors (Lipinski definition) is 2. The first kappa shape index (κ1) is 9.03. The van der Waals surface area contributed by atoms with Gasteiger partial charge in [0.25, 0.3) is 0 Å². The van der Waals surface area contributed by atoms with Gasteiger partial charge in [0.1, 0.15) is 6.42 Å². The van der Waals surface area contributed by atoms with Gasteiger partial charge >= 0.3 is 5.97 Å². The van der Waals surface area contributed by atoms with Crippen LogP contribution in [-0.4, -0.2) is 13.1 Å². The fourth-order valence-electron chi connectivity index (χ4n) is 0.420. The molecule has 0 unspecified atom stereocenters. The summed E-state index contributed by atoms with van der Waals surface area (Å²) in [6.45, 7) is 2.05. The average molecular weight is 140 g/mol. The lowest BCUT2D eigenvalue weighted by atomic mass is 10.3. The lowest BCUT2D eigenvalue weighted by Crippen LogP contribution is -1.96. The Hall–Kier alpha value is -0.970. The maximum Gasteiger partial charge on any atom is 0.317 e. The molecular formula is C8H12O2. The van der Waals surface area contributed by atoms with Crippen LogP contribution < -0.4 is 0 Å². The number of unbranched alkanes of at least 4 members (excludes halogenated alkanes) is 1. The van der Waals surface area contributed by atoms with Gasteiger partial charge in [-0.15, -0.1) is 5.92 Å². The molecule has 0 amide bonds. The van der Waals surface area contributed by atoms with Gasteiger partial charge in [0.15, 0.2) is 0 Å². The summed E-state index contributed by atoms with van der Waals surface area (Å²) in [5, 5.41) is 0. The smallest absolute Gasteiger partial charge is 0.317 e. The van der Waals surface area contributed by atoms with Gasteiger partial charge in [-0.2, -0.15) is 0 Å². The minimum absolute atomic E-state index is 0.219. The quantitative estimate of drug-likeness (QED) is 0.427. The van der Waals surface area contributed by atoms with Gasteiger partial charge in [0.2, 0.25) is 0 Å². The molecule has 0 fully saturated rings. The van der Waals surface area contributed by atoms with Crippen LogP contribution in [0, 0.1) is 11.8 Å². The molecule has 0 aromatic rings. The van der Waals surface area contributed by atoms with Crippen molar-refractivity contribution in [2.24, 2.45) is 0 Å². The first-order valence-corrected chi connectivity index (χ1v) is 3.33. The second-order valence-electron chi connectivity index (χ2n) is 1.86. The molecule has 10 heavy (non-hydrogen) atoms. The van der Waals surface area contributed by atoms with Crippen LogP contribution >= 0.6 is 0 Å². The molecule has 0 aliphatic heterocycles. The van der Waals surface area contributed by atoms with Crippen molar-refractivity contribution in [3.63, 3.8) is 0 Å². The molecule has 0 saturated heterocycles. The van der Waals surface area contributed by atoms with Crippen LogP contribution in [0.2, 0.25) is 0 Å². The molecule has 0 atom stereocenters. The van der Waals surface area contributed by atoms with Crippen molar-refractivity contribution in [2.75, 3.05) is 7.11 Å². The third-order valence-corrected chi connectivity index (χ3v) is 0.960. The van der Waals surface area contributed by atoms with Crippen LogP contribution in [0.25, 0.3) is 0 Å². The van der Waals surface area contributed by atoms with Crippen molar-refractivity contribution < 1.29 is 9.53 Å². The van der Waals surface area contributed by atoms with E-state index in [-0.39, 0.29) is 12.4 Å². The molecule has 0 radical (unpaired) electrons. The third kappa shape index (κ3) is 5.17. The van der Waals surface area contributed by atoms with Crippen molar-refractivity contribution >= 4 is 5.97 Å². The van der Waals surface area contributed by atoms with E-state index in [1.165, 1.54) is 7.11 Å². The number of carbonyl (C=O) groups excluding carboxylic acids is 1. The van der Waals surface area contributed by atoms with Gasteiger partial charge in [-0.3, -0.25) is 4.79 Å². The molecule has 56 valence electrons. The minimum Gasteiger partial charge on any atom is -0.468 e. The van der Waals surface area contributed by atoms with Gasteiger partial charge in [0, 0.05) is 6.42 Å². The topological polar surface area (TPSA) is 26.3 Å². The van der Waals surface area contributed by atoms with E-state index in [1.807, 2.05) is 6.92 Å². The van der Waals surface area contributed by atoms with E-state index in [0.717, 1.165) is 12.8 Å². The number of carbonyl (C=O) groups is 1. The second-order valence-corrected chi connectivity index (χ2v) is 1.86. The van der Waals surface area contributed by atoms with E-state index in [2.05, 4.69) is 16.6 Å². The normalized spacial score (nSPS) is 7.80. The summed E-state index contributed by atoms with van der Waals surface area (Å²) in [5.74, 6) is 5.30. The summed E-state index contributed by atoms with van der Waals surface area (Å²) in [7, 11) is 1.36. The summed E-state index contributed by atoms with van der Waals surface area (Å²) < 4.78 is 4.39. The second kappa shape index (κ2) is 6.15. The molecule has 0 N–H and O–H groups in total. The van der Waals surface area contributed by atoms with Crippen LogP contribution in [0.15, 0.2) is 0 Å². The number of ether oxygens (including phenoxy) is 1. The Morgan fingerprint density at radius 3 is 2.70 bits per heavy atom. The standard InChI is InChI=1S/C8H12O2/c1-3-4-5-6-7-8(9)10-2/h3-4,7H2,1-2H3. The fourth-order valence-corrected chi connectivity index (χ4v) is 0.420. The van der Waals surface area contributed by atoms with Crippen LogP contribution in [0.1, 0.15) is 26.2 Å². The first-order valence-electron chi connectivity index (χ1n) is 3.33. The highest BCUT2D eigenvalue weighted by Gasteiger charge is 1.91. The van der Waals surface area contributed by atoms with E-state index in [9.17, 15) is 4.79 Å². The van der Waals surface area contributed by atoms with Crippen LogP contribution in [0.5, 0.6) is 0 Å². The highest BCUT2D eigenvalue weighted by atomic mass is 16.5. The monoisotopic (exact) mass is 140 g/mol. The molecule has 0 aliphatic rings. The lowest BCUT2D eigenvalue weighted by Gasteiger charge is -1.88. The van der Waals surface area contributed by atoms with E-state index in [1.54, 1.807) is 0 Å². The summed E-state index contributed by atoms with van der Waals surface area (Å²) in [6, 6.07) is 0. The maximum atomic E-state index is 10.5. The average Bonchev–Trinajstić information content (AvgIpc) is 1.98. The fraction of sp³-hybridized carbons (Fsp3) is 0.625. The zero-order valence-electron chi connectivity index (χ0n) is 6.44. The Labute approximate surface area is 61.6 Å². The Kier molecular flexibility index (Phi) is 5.56. The van der Waals surface area contributed by atoms with Crippen molar-refractivity contribution in [1.82, 2.24) is 0 Å². The predicted octanol–water partition coefficient (Wildman–Crippen LogP) is 1.35. The molecule has 0 heterocycles. The predicted molar refractivity (Wildman–Crippen MR) is 39.3 cm³/mol. The van der Waals surface area contributed by atoms with Gasteiger partial charge in [0.05, 0.1) is 7.11 Å². The van der Waals surface area contributed by atoms with Crippen LogP contribution in [-0.2, 0) is 9.53 Å².